The van der Waals surface area contributed by atoms with Crippen LogP contribution in [0.2, 0.25) is 5.15 Å². The van der Waals surface area contributed by atoms with Gasteiger partial charge in [0.15, 0.2) is 0 Å². The van der Waals surface area contributed by atoms with E-state index in [0.29, 0.717) is 11.2 Å². The fourth-order valence-electron chi connectivity index (χ4n) is 2.78. The minimum absolute atomic E-state index is 0.570. The molecular formula is C14H19ClN4S. The van der Waals surface area contributed by atoms with E-state index in [1.807, 2.05) is 11.4 Å². The predicted octanol–water partition coefficient (Wildman–Crippen LogP) is 2.87. The number of aromatic nitrogens is 2. The summed E-state index contributed by atoms with van der Waals surface area (Å²) in [5, 5.41) is 3.54. The van der Waals surface area contributed by atoms with Gasteiger partial charge >= 0.3 is 0 Å². The number of halogens is 1. The normalized spacial score (nSPS) is 20.9. The molecule has 1 saturated heterocycles. The molecule has 1 aliphatic heterocycles. The van der Waals surface area contributed by atoms with E-state index < -0.39 is 0 Å². The molecule has 0 N–H and O–H groups in total. The Morgan fingerprint density at radius 1 is 1.50 bits per heavy atom. The zero-order chi connectivity index (χ0) is 14.1. The Hall–Kier alpha value is -0.750. The van der Waals surface area contributed by atoms with Gasteiger partial charge in [-0.1, -0.05) is 11.6 Å². The molecule has 3 rings (SSSR count). The lowest BCUT2D eigenvalue weighted by molar-refractivity contribution is 0.127. The molecule has 0 aliphatic carbocycles. The van der Waals surface area contributed by atoms with Crippen LogP contribution in [0.15, 0.2) is 11.4 Å². The second-order valence-corrected chi connectivity index (χ2v) is 6.80. The van der Waals surface area contributed by atoms with Gasteiger partial charge in [0.25, 0.3) is 0 Å². The molecular weight excluding hydrogens is 292 g/mol. The first-order chi connectivity index (χ1) is 9.63. The number of thiophene rings is 1. The van der Waals surface area contributed by atoms with Gasteiger partial charge in [-0.15, -0.1) is 11.3 Å². The van der Waals surface area contributed by atoms with Crippen LogP contribution in [0.3, 0.4) is 0 Å². The summed E-state index contributed by atoms with van der Waals surface area (Å²) in [6, 6.07) is 2.56. The minimum Gasteiger partial charge on any atom is -0.305 e. The summed E-state index contributed by atoms with van der Waals surface area (Å²) < 4.78 is 0. The summed E-state index contributed by atoms with van der Waals surface area (Å²) in [5.41, 5.74) is 0. The maximum atomic E-state index is 6.22. The van der Waals surface area contributed by atoms with Crippen LogP contribution in [0.5, 0.6) is 0 Å². The van der Waals surface area contributed by atoms with Gasteiger partial charge in [-0.25, -0.2) is 9.97 Å². The lowest BCUT2D eigenvalue weighted by Gasteiger charge is -2.35. The smallest absolute Gasteiger partial charge is 0.145 e. The van der Waals surface area contributed by atoms with Crippen molar-refractivity contribution in [3.05, 3.63) is 22.4 Å². The van der Waals surface area contributed by atoms with Gasteiger partial charge in [0, 0.05) is 18.0 Å². The van der Waals surface area contributed by atoms with E-state index in [4.69, 9.17) is 11.6 Å². The maximum Gasteiger partial charge on any atom is 0.145 e. The molecule has 2 aromatic rings. The summed E-state index contributed by atoms with van der Waals surface area (Å²) in [5.74, 6) is 0.820. The molecule has 0 amide bonds. The molecule has 0 saturated carbocycles. The third kappa shape index (κ3) is 2.96. The van der Waals surface area contributed by atoms with Gasteiger partial charge in [-0.2, -0.15) is 0 Å². The summed E-state index contributed by atoms with van der Waals surface area (Å²) in [6.45, 7) is 3.07. The molecule has 20 heavy (non-hydrogen) atoms. The topological polar surface area (TPSA) is 32.3 Å². The highest BCUT2D eigenvalue weighted by atomic mass is 35.5. The van der Waals surface area contributed by atoms with Crippen LogP contribution in [0.25, 0.3) is 10.2 Å². The van der Waals surface area contributed by atoms with Gasteiger partial charge in [0.05, 0.1) is 6.54 Å². The zero-order valence-corrected chi connectivity index (χ0v) is 13.4. The number of hydrogen-bond acceptors (Lipinski definition) is 5. The van der Waals surface area contributed by atoms with E-state index in [2.05, 4.69) is 33.9 Å². The van der Waals surface area contributed by atoms with E-state index in [-0.39, 0.29) is 0 Å². The fourth-order valence-corrected chi connectivity index (χ4v) is 3.87. The molecule has 1 aliphatic rings. The first-order valence-electron chi connectivity index (χ1n) is 6.92. The summed E-state index contributed by atoms with van der Waals surface area (Å²) in [4.78, 5) is 14.8. The van der Waals surface area contributed by atoms with Gasteiger partial charge < -0.3 is 4.90 Å². The van der Waals surface area contributed by atoms with Gasteiger partial charge in [-0.05, 0) is 44.9 Å². The van der Waals surface area contributed by atoms with Crippen molar-refractivity contribution < 1.29 is 0 Å². The van der Waals surface area contributed by atoms with E-state index >= 15 is 0 Å². The number of piperidine rings is 1. The average molecular weight is 311 g/mol. The molecule has 4 nitrogen and oxygen atoms in total. The Kier molecular flexibility index (Phi) is 4.21. The van der Waals surface area contributed by atoms with Crippen molar-refractivity contribution in [2.45, 2.75) is 25.4 Å². The third-order valence-corrected chi connectivity index (χ3v) is 5.03. The molecule has 0 bridgehead atoms. The highest BCUT2D eigenvalue weighted by Crippen LogP contribution is 2.25. The fraction of sp³-hybridized carbons (Fsp3) is 0.571. The van der Waals surface area contributed by atoms with Crippen molar-refractivity contribution in [1.82, 2.24) is 19.8 Å². The number of fused-ring (bicyclic) bond motifs is 1. The molecule has 0 aromatic carbocycles. The Bertz CT molecular complexity index is 600. The molecule has 0 radical (unpaired) electrons. The SMILES string of the molecule is CN1CCCC(N(C)Cc2nc(Cl)c3ccsc3n2)C1. The Morgan fingerprint density at radius 2 is 2.35 bits per heavy atom. The monoisotopic (exact) mass is 310 g/mol. The van der Waals surface area contributed by atoms with Crippen molar-refractivity contribution in [2.24, 2.45) is 0 Å². The van der Waals surface area contributed by atoms with Crippen molar-refractivity contribution in [1.29, 1.82) is 0 Å². The molecule has 3 heterocycles. The summed E-state index contributed by atoms with van der Waals surface area (Å²) in [6.07, 6.45) is 2.51. The van der Waals surface area contributed by atoms with Gasteiger partial charge in [0.2, 0.25) is 0 Å². The number of likely N-dealkylation sites (tertiary alicyclic amines) is 1. The number of likely N-dealkylation sites (N-methyl/N-ethyl adjacent to an activating group) is 2. The van der Waals surface area contributed by atoms with Crippen LogP contribution in [0, 0.1) is 0 Å². The van der Waals surface area contributed by atoms with Crippen LogP contribution >= 0.6 is 22.9 Å². The van der Waals surface area contributed by atoms with Crippen molar-refractivity contribution >= 4 is 33.2 Å². The van der Waals surface area contributed by atoms with Crippen molar-refractivity contribution in [3.8, 4) is 0 Å². The molecule has 6 heteroatoms. The van der Waals surface area contributed by atoms with Crippen molar-refractivity contribution in [3.63, 3.8) is 0 Å². The van der Waals surface area contributed by atoms with Crippen LogP contribution < -0.4 is 0 Å². The predicted molar refractivity (Wildman–Crippen MR) is 84.4 cm³/mol. The Labute approximate surface area is 128 Å². The molecule has 1 atom stereocenters. The van der Waals surface area contributed by atoms with E-state index in [9.17, 15) is 0 Å². The average Bonchev–Trinajstić information content (AvgIpc) is 2.87. The quantitative estimate of drug-likeness (QED) is 0.816. The second-order valence-electron chi connectivity index (χ2n) is 5.54. The summed E-state index contributed by atoms with van der Waals surface area (Å²) >= 11 is 7.84. The number of hydrogen-bond donors (Lipinski definition) is 0. The van der Waals surface area contributed by atoms with Crippen molar-refractivity contribution in [2.75, 3.05) is 27.2 Å². The van der Waals surface area contributed by atoms with E-state index in [0.717, 1.165) is 29.1 Å². The number of nitrogens with zero attached hydrogens (tertiary/aromatic N) is 4. The van der Waals surface area contributed by atoms with E-state index in [1.54, 1.807) is 11.3 Å². The van der Waals surface area contributed by atoms with Gasteiger partial charge in [0.1, 0.15) is 15.8 Å². The molecule has 1 unspecified atom stereocenters. The molecule has 108 valence electrons. The van der Waals surface area contributed by atoms with Crippen LogP contribution in [-0.2, 0) is 6.54 Å². The van der Waals surface area contributed by atoms with Gasteiger partial charge in [-0.3, -0.25) is 4.90 Å². The minimum atomic E-state index is 0.570. The molecule has 0 spiro atoms. The maximum absolute atomic E-state index is 6.22. The summed E-state index contributed by atoms with van der Waals surface area (Å²) in [7, 11) is 4.34. The lowest BCUT2D eigenvalue weighted by atomic mass is 10.1. The largest absolute Gasteiger partial charge is 0.305 e. The Balaban J connectivity index is 1.75. The van der Waals surface area contributed by atoms with Crippen LogP contribution in [-0.4, -0.2) is 53.0 Å². The third-order valence-electron chi connectivity index (χ3n) is 3.94. The lowest BCUT2D eigenvalue weighted by Crippen LogP contribution is -2.44. The molecule has 2 aromatic heterocycles. The van der Waals surface area contributed by atoms with E-state index in [1.165, 1.54) is 19.4 Å². The standard InChI is InChI=1S/C14H19ClN4S/c1-18-6-3-4-10(8-18)19(2)9-12-16-13(15)11-5-7-20-14(11)17-12/h5,7,10H,3-4,6,8-9H2,1-2H3. The van der Waals surface area contributed by atoms with Crippen LogP contribution in [0.4, 0.5) is 0 Å². The highest BCUT2D eigenvalue weighted by molar-refractivity contribution is 7.16. The van der Waals surface area contributed by atoms with Crippen LogP contribution in [0.1, 0.15) is 18.7 Å². The first kappa shape index (κ1) is 14.2. The Morgan fingerprint density at radius 3 is 3.15 bits per heavy atom. The first-order valence-corrected chi connectivity index (χ1v) is 8.17. The number of rotatable bonds is 3. The highest BCUT2D eigenvalue weighted by Gasteiger charge is 2.22. The second kappa shape index (κ2) is 5.93. The zero-order valence-electron chi connectivity index (χ0n) is 11.8. The molecule has 1 fully saturated rings.